The lowest BCUT2D eigenvalue weighted by Crippen LogP contribution is -2.25. The lowest BCUT2D eigenvalue weighted by atomic mass is 9.72. The minimum atomic E-state index is -2.50. The molecule has 2 aromatic carbocycles. The number of rotatable bonds is 6. The molecular formula is C26H42F2. The van der Waals surface area contributed by atoms with Crippen LogP contribution in [0.1, 0.15) is 79.4 Å². The molecule has 0 N–H and O–H groups in total. The summed E-state index contributed by atoms with van der Waals surface area (Å²) in [5.74, 6) is -2.50. The molecule has 0 radical (unpaired) electrons. The highest BCUT2D eigenvalue weighted by atomic mass is 19.3. The topological polar surface area (TPSA) is 0 Å². The summed E-state index contributed by atoms with van der Waals surface area (Å²) >= 11 is 0. The molecule has 0 aliphatic rings. The molecule has 160 valence electrons. The fourth-order valence-corrected chi connectivity index (χ4v) is 2.87. The van der Waals surface area contributed by atoms with Crippen molar-refractivity contribution in [1.29, 1.82) is 0 Å². The van der Waals surface area contributed by atoms with Gasteiger partial charge in [0.15, 0.2) is 0 Å². The molecule has 0 fully saturated rings. The van der Waals surface area contributed by atoms with Crippen LogP contribution >= 0.6 is 0 Å². The highest BCUT2D eigenvalue weighted by Gasteiger charge is 2.26. The third-order valence-electron chi connectivity index (χ3n) is 4.34. The monoisotopic (exact) mass is 392 g/mol. The maximum absolute atomic E-state index is 11.0. The Bertz CT molecular complexity index is 502. The van der Waals surface area contributed by atoms with E-state index in [1.54, 1.807) is 0 Å². The number of hydrogen-bond acceptors (Lipinski definition) is 0. The van der Waals surface area contributed by atoms with E-state index >= 15 is 0 Å². The van der Waals surface area contributed by atoms with E-state index in [4.69, 9.17) is 0 Å². The van der Waals surface area contributed by atoms with Gasteiger partial charge in [-0.25, -0.2) is 8.78 Å². The normalized spacial score (nSPS) is 10.4. The van der Waals surface area contributed by atoms with E-state index < -0.39 is 5.92 Å². The summed E-state index contributed by atoms with van der Waals surface area (Å²) in [6, 6.07) is 21.8. The molecule has 28 heavy (non-hydrogen) atoms. The lowest BCUT2D eigenvalue weighted by molar-refractivity contribution is 0.0437. The van der Waals surface area contributed by atoms with Crippen molar-refractivity contribution >= 4 is 0 Å². The Morgan fingerprint density at radius 1 is 0.607 bits per heavy atom. The highest BCUT2D eigenvalue weighted by molar-refractivity contribution is 5.20. The average Bonchev–Trinajstić information content (AvgIpc) is 2.71. The fraction of sp³-hybridized carbons (Fsp3) is 0.538. The van der Waals surface area contributed by atoms with Gasteiger partial charge in [0.2, 0.25) is 5.92 Å². The highest BCUT2D eigenvalue weighted by Crippen LogP contribution is 2.34. The van der Waals surface area contributed by atoms with E-state index in [2.05, 4.69) is 74.5 Å². The predicted octanol–water partition coefficient (Wildman–Crippen LogP) is 8.99. The van der Waals surface area contributed by atoms with Crippen molar-refractivity contribution in [3.8, 4) is 0 Å². The molecule has 2 heteroatoms. The van der Waals surface area contributed by atoms with Crippen LogP contribution in [-0.4, -0.2) is 5.92 Å². The van der Waals surface area contributed by atoms with Crippen molar-refractivity contribution in [3.63, 3.8) is 0 Å². The standard InChI is InChI=1S/C19H24.C3H6F2.2C2H6/c1-3-19(4-2,15-17-11-7-5-8-12-17)16-18-13-9-6-10-14-18;1-3(2,4)5;2*1-2/h5-14H,3-4,15-16H2,1-2H3;1-2H3;2*1-2H3. The van der Waals surface area contributed by atoms with E-state index in [1.165, 1.54) is 36.8 Å². The Hall–Kier alpha value is -1.70. The van der Waals surface area contributed by atoms with Gasteiger partial charge in [-0.2, -0.15) is 0 Å². The van der Waals surface area contributed by atoms with Crippen molar-refractivity contribution in [1.82, 2.24) is 0 Å². The van der Waals surface area contributed by atoms with Crippen LogP contribution in [-0.2, 0) is 12.8 Å². The molecule has 0 bridgehead atoms. The first-order valence-electron chi connectivity index (χ1n) is 10.7. The number of alkyl halides is 2. The van der Waals surface area contributed by atoms with E-state index in [-0.39, 0.29) is 0 Å². The van der Waals surface area contributed by atoms with Gasteiger partial charge >= 0.3 is 0 Å². The molecular weight excluding hydrogens is 350 g/mol. The van der Waals surface area contributed by atoms with Crippen molar-refractivity contribution in [3.05, 3.63) is 71.8 Å². The second-order valence-electron chi connectivity index (χ2n) is 6.86. The summed E-state index contributed by atoms with van der Waals surface area (Å²) in [5.41, 5.74) is 3.31. The van der Waals surface area contributed by atoms with Crippen LogP contribution < -0.4 is 0 Å². The smallest absolute Gasteiger partial charge is 0.208 e. The van der Waals surface area contributed by atoms with Gasteiger partial charge in [0.05, 0.1) is 0 Å². The fourth-order valence-electron chi connectivity index (χ4n) is 2.87. The first kappa shape index (κ1) is 28.5. The third-order valence-corrected chi connectivity index (χ3v) is 4.34. The van der Waals surface area contributed by atoms with Gasteiger partial charge in [-0.3, -0.25) is 0 Å². The number of halogens is 2. The van der Waals surface area contributed by atoms with Gasteiger partial charge < -0.3 is 0 Å². The minimum absolute atomic E-state index is 0.392. The maximum Gasteiger partial charge on any atom is 0.242 e. The summed E-state index contributed by atoms with van der Waals surface area (Å²) in [6.07, 6.45) is 4.81. The number of hydrogen-bond donors (Lipinski definition) is 0. The van der Waals surface area contributed by atoms with Gasteiger partial charge in [-0.15, -0.1) is 0 Å². The first-order chi connectivity index (χ1) is 13.3. The molecule has 0 saturated carbocycles. The molecule has 2 aromatic rings. The zero-order chi connectivity index (χ0) is 22.1. The van der Waals surface area contributed by atoms with E-state index in [9.17, 15) is 8.78 Å². The summed E-state index contributed by atoms with van der Waals surface area (Å²) in [6.45, 7) is 14.4. The SMILES string of the molecule is CC.CC.CC(C)(F)F.CCC(CC)(Cc1ccccc1)Cc1ccccc1. The average molecular weight is 393 g/mol. The quantitative estimate of drug-likeness (QED) is 0.460. The second-order valence-corrected chi connectivity index (χ2v) is 6.86. The summed E-state index contributed by atoms with van der Waals surface area (Å²) in [5, 5.41) is 0. The van der Waals surface area contributed by atoms with Crippen molar-refractivity contribution in [2.45, 2.75) is 87.0 Å². The minimum Gasteiger partial charge on any atom is -0.208 e. The Balaban J connectivity index is 0. The number of benzene rings is 2. The Kier molecular flexibility index (Phi) is 16.6. The molecule has 0 atom stereocenters. The van der Waals surface area contributed by atoms with Gasteiger partial charge in [-0.1, -0.05) is 102 Å². The van der Waals surface area contributed by atoms with Crippen LogP contribution in [0.25, 0.3) is 0 Å². The Labute approximate surface area is 173 Å². The van der Waals surface area contributed by atoms with Crippen molar-refractivity contribution in [2.75, 3.05) is 0 Å². The summed E-state index contributed by atoms with van der Waals surface area (Å²) in [7, 11) is 0. The zero-order valence-corrected chi connectivity index (χ0v) is 19.4. The van der Waals surface area contributed by atoms with Gasteiger partial charge in [0.1, 0.15) is 0 Å². The molecule has 0 amide bonds. The van der Waals surface area contributed by atoms with Crippen molar-refractivity contribution in [2.24, 2.45) is 5.41 Å². The molecule has 2 rings (SSSR count). The molecule has 0 saturated heterocycles. The molecule has 0 aromatic heterocycles. The van der Waals surface area contributed by atoms with Crippen LogP contribution in [0.4, 0.5) is 8.78 Å². The van der Waals surface area contributed by atoms with Crippen molar-refractivity contribution < 1.29 is 8.78 Å². The zero-order valence-electron chi connectivity index (χ0n) is 19.4. The van der Waals surface area contributed by atoms with Gasteiger partial charge in [0, 0.05) is 0 Å². The summed E-state index contributed by atoms with van der Waals surface area (Å²) < 4.78 is 22.0. The van der Waals surface area contributed by atoms with E-state index in [0.29, 0.717) is 5.41 Å². The van der Waals surface area contributed by atoms with Crippen LogP contribution in [0.3, 0.4) is 0 Å². The largest absolute Gasteiger partial charge is 0.242 e. The van der Waals surface area contributed by atoms with Crippen LogP contribution in [0.15, 0.2) is 60.7 Å². The summed E-state index contributed by atoms with van der Waals surface area (Å²) in [4.78, 5) is 0. The maximum atomic E-state index is 11.0. The molecule has 0 aliphatic carbocycles. The van der Waals surface area contributed by atoms with Gasteiger partial charge in [0.25, 0.3) is 0 Å². The predicted molar refractivity (Wildman–Crippen MR) is 122 cm³/mol. The molecule has 0 unspecified atom stereocenters. The van der Waals surface area contributed by atoms with Crippen LogP contribution in [0, 0.1) is 5.41 Å². The Morgan fingerprint density at radius 2 is 0.857 bits per heavy atom. The molecule has 0 aliphatic heterocycles. The molecule has 0 spiro atoms. The van der Waals surface area contributed by atoms with Gasteiger partial charge in [-0.05, 0) is 56.1 Å². The van der Waals surface area contributed by atoms with E-state index in [1.807, 2.05) is 27.7 Å². The van der Waals surface area contributed by atoms with Crippen LogP contribution in [0.5, 0.6) is 0 Å². The van der Waals surface area contributed by atoms with Crippen LogP contribution in [0.2, 0.25) is 0 Å². The molecule has 0 nitrogen and oxygen atoms in total. The Morgan fingerprint density at radius 3 is 1.07 bits per heavy atom. The second kappa shape index (κ2) is 16.3. The van der Waals surface area contributed by atoms with E-state index in [0.717, 1.165) is 13.8 Å². The molecule has 0 heterocycles. The lowest BCUT2D eigenvalue weighted by Gasteiger charge is -2.32. The third kappa shape index (κ3) is 14.4. The first-order valence-corrected chi connectivity index (χ1v) is 10.7.